The van der Waals surface area contributed by atoms with Crippen molar-refractivity contribution in [2.75, 3.05) is 4.90 Å². The molecule has 2 aliphatic rings. The third-order valence-electron chi connectivity index (χ3n) is 5.42. The number of rotatable bonds is 5. The van der Waals surface area contributed by atoms with E-state index in [0.29, 0.717) is 29.7 Å². The molecule has 1 N–H and O–H groups in total. The molecule has 3 aromatic rings. The van der Waals surface area contributed by atoms with Crippen LogP contribution in [0.25, 0.3) is 5.69 Å². The quantitative estimate of drug-likeness (QED) is 0.550. The Kier molecular flexibility index (Phi) is 5.41. The number of anilines is 1. The average Bonchev–Trinajstić information content (AvgIpc) is 3.50. The van der Waals surface area contributed by atoms with Crippen LogP contribution in [0.15, 0.2) is 53.8 Å². The van der Waals surface area contributed by atoms with Crippen molar-refractivity contribution >= 4 is 34.6 Å². The minimum absolute atomic E-state index is 0.0267. The molecule has 0 unspecified atom stereocenters. The second-order valence-corrected chi connectivity index (χ2v) is 8.30. The van der Waals surface area contributed by atoms with E-state index < -0.39 is 18.6 Å². The van der Waals surface area contributed by atoms with Gasteiger partial charge in [0.05, 0.1) is 35.7 Å². The number of aromatic nitrogens is 3. The zero-order chi connectivity index (χ0) is 23.2. The van der Waals surface area contributed by atoms with Crippen molar-refractivity contribution in [3.8, 4) is 5.69 Å². The maximum absolute atomic E-state index is 13.7. The van der Waals surface area contributed by atoms with Crippen LogP contribution < -0.4 is 10.2 Å². The van der Waals surface area contributed by atoms with Gasteiger partial charge in [0.25, 0.3) is 0 Å². The predicted octanol–water partition coefficient (Wildman–Crippen LogP) is 4.55. The van der Waals surface area contributed by atoms with Gasteiger partial charge in [-0.2, -0.15) is 5.10 Å². The number of nitrogens with zero attached hydrogens (tertiary/aromatic N) is 5. The van der Waals surface area contributed by atoms with Crippen LogP contribution in [0.1, 0.15) is 30.7 Å². The van der Waals surface area contributed by atoms with E-state index >= 15 is 0 Å². The lowest BCUT2D eigenvalue weighted by Crippen LogP contribution is -2.43. The molecule has 33 heavy (non-hydrogen) atoms. The average molecular weight is 475 g/mol. The topological polar surface area (TPSA) is 75.4 Å². The van der Waals surface area contributed by atoms with Crippen LogP contribution in [-0.4, -0.2) is 38.7 Å². The molecule has 0 atom stereocenters. The summed E-state index contributed by atoms with van der Waals surface area (Å²) < 4.78 is 42.8. The zero-order valence-corrected chi connectivity index (χ0v) is 17.9. The number of hydrogen-bond donors (Lipinski definition) is 1. The highest BCUT2D eigenvalue weighted by atomic mass is 35.5. The number of nitrogens with one attached hydrogen (secondary N) is 1. The minimum atomic E-state index is -4.89. The highest BCUT2D eigenvalue weighted by Crippen LogP contribution is 2.40. The third-order valence-corrected chi connectivity index (χ3v) is 5.66. The summed E-state index contributed by atoms with van der Waals surface area (Å²) in [5, 5.41) is 7.88. The molecule has 1 aromatic heterocycles. The fourth-order valence-electron chi connectivity index (χ4n) is 3.70. The monoisotopic (exact) mass is 474 g/mol. The van der Waals surface area contributed by atoms with Crippen LogP contribution >= 0.6 is 11.6 Å². The Bertz CT molecular complexity index is 1250. The highest BCUT2D eigenvalue weighted by Gasteiger charge is 2.44. The second-order valence-electron chi connectivity index (χ2n) is 7.86. The number of fused-ring (bicyclic) bond motifs is 1. The Morgan fingerprint density at radius 1 is 1.15 bits per heavy atom. The van der Waals surface area contributed by atoms with Gasteiger partial charge in [-0.25, -0.2) is 14.6 Å². The third kappa shape index (κ3) is 4.49. The molecule has 0 saturated heterocycles. The van der Waals surface area contributed by atoms with Gasteiger partial charge in [-0.15, -0.1) is 13.2 Å². The Labute approximate surface area is 191 Å². The van der Waals surface area contributed by atoms with Crippen molar-refractivity contribution in [2.24, 2.45) is 4.99 Å². The molecule has 7 nitrogen and oxygen atoms in total. The molecular weight excluding hydrogens is 457 g/mol. The summed E-state index contributed by atoms with van der Waals surface area (Å²) in [6.45, 7) is 0.542. The van der Waals surface area contributed by atoms with Gasteiger partial charge in [0, 0.05) is 11.1 Å². The van der Waals surface area contributed by atoms with Crippen LogP contribution in [-0.2, 0) is 11.3 Å². The van der Waals surface area contributed by atoms with Crippen molar-refractivity contribution in [1.82, 2.24) is 20.1 Å². The number of aliphatic imine (C=N–C) groups is 1. The summed E-state index contributed by atoms with van der Waals surface area (Å²) in [7, 11) is 0. The molecule has 1 aliphatic carbocycles. The summed E-state index contributed by atoms with van der Waals surface area (Å²) in [6.07, 6.45) is -1.70. The van der Waals surface area contributed by atoms with E-state index in [1.165, 1.54) is 18.5 Å². The van der Waals surface area contributed by atoms with Crippen LogP contribution in [0.4, 0.5) is 24.5 Å². The van der Waals surface area contributed by atoms with E-state index in [1.807, 2.05) is 6.07 Å². The molecule has 1 aliphatic heterocycles. The van der Waals surface area contributed by atoms with Gasteiger partial charge in [-0.1, -0.05) is 23.7 Å². The first-order valence-electron chi connectivity index (χ1n) is 10.3. The Morgan fingerprint density at radius 2 is 1.97 bits per heavy atom. The van der Waals surface area contributed by atoms with Crippen molar-refractivity contribution in [3.05, 3.63) is 65.2 Å². The number of hydrogen-bond acceptors (Lipinski definition) is 5. The van der Waals surface area contributed by atoms with Gasteiger partial charge >= 0.3 is 6.30 Å². The summed E-state index contributed by atoms with van der Waals surface area (Å²) in [5.41, 5.74) is 0.993. The van der Waals surface area contributed by atoms with Crippen molar-refractivity contribution in [3.63, 3.8) is 0 Å². The standard InChI is InChI=1S/C22H18ClF3N6O/c23-14-4-7-19-18(9-14)30-17(10-21(33)31(19)22(24,25)26)13-2-1-3-16(8-13)32-20(28-12-29-32)11-27-15-5-6-15/h1-4,7-9,12,15,27H,5-6,10-11H2. The number of benzene rings is 2. The second kappa shape index (κ2) is 8.27. The number of halogens is 4. The van der Waals surface area contributed by atoms with E-state index in [1.54, 1.807) is 22.9 Å². The molecule has 0 radical (unpaired) electrons. The molecule has 2 heterocycles. The van der Waals surface area contributed by atoms with Crippen LogP contribution in [0.3, 0.4) is 0 Å². The lowest BCUT2D eigenvalue weighted by molar-refractivity contribution is -0.149. The predicted molar refractivity (Wildman–Crippen MR) is 117 cm³/mol. The first kappa shape index (κ1) is 21.6. The Hall–Kier alpha value is -3.24. The lowest BCUT2D eigenvalue weighted by Gasteiger charge is -2.24. The largest absolute Gasteiger partial charge is 0.491 e. The van der Waals surface area contributed by atoms with E-state index in [9.17, 15) is 18.0 Å². The SMILES string of the molecule is O=C1CC(c2cccc(-n3ncnc3CNC3CC3)c2)=Nc2cc(Cl)ccc2N1C(F)(F)F. The molecule has 2 aromatic carbocycles. The van der Waals surface area contributed by atoms with E-state index in [-0.39, 0.29) is 27.0 Å². The molecule has 5 rings (SSSR count). The fraction of sp³-hybridized carbons (Fsp3) is 0.273. The summed E-state index contributed by atoms with van der Waals surface area (Å²) in [5.74, 6) is -0.416. The molecule has 170 valence electrons. The molecule has 1 amide bonds. The highest BCUT2D eigenvalue weighted by molar-refractivity contribution is 6.31. The molecule has 0 spiro atoms. The van der Waals surface area contributed by atoms with Crippen molar-refractivity contribution in [2.45, 2.75) is 38.1 Å². The van der Waals surface area contributed by atoms with Gasteiger partial charge < -0.3 is 5.32 Å². The van der Waals surface area contributed by atoms with Gasteiger partial charge in [-0.3, -0.25) is 9.79 Å². The summed E-state index contributed by atoms with van der Waals surface area (Å²) in [6, 6.07) is 11.2. The number of alkyl halides is 3. The van der Waals surface area contributed by atoms with Gasteiger partial charge in [0.2, 0.25) is 5.91 Å². The molecular formula is C22H18ClF3N6O. The van der Waals surface area contributed by atoms with Crippen LogP contribution in [0.2, 0.25) is 5.02 Å². The van der Waals surface area contributed by atoms with Crippen LogP contribution in [0.5, 0.6) is 0 Å². The molecule has 1 fully saturated rings. The summed E-state index contributed by atoms with van der Waals surface area (Å²) in [4.78, 5) is 21.2. The summed E-state index contributed by atoms with van der Waals surface area (Å²) >= 11 is 6.01. The first-order valence-corrected chi connectivity index (χ1v) is 10.7. The zero-order valence-electron chi connectivity index (χ0n) is 17.2. The molecule has 1 saturated carbocycles. The van der Waals surface area contributed by atoms with E-state index in [2.05, 4.69) is 20.4 Å². The van der Waals surface area contributed by atoms with Gasteiger partial charge in [0.15, 0.2) is 0 Å². The normalized spacial score (nSPS) is 16.4. The smallest absolute Gasteiger partial charge is 0.307 e. The molecule has 0 bridgehead atoms. The van der Waals surface area contributed by atoms with Crippen LogP contribution in [0, 0.1) is 0 Å². The number of carbonyl (C=O) groups is 1. The maximum atomic E-state index is 13.7. The first-order chi connectivity index (χ1) is 15.8. The van der Waals surface area contributed by atoms with E-state index in [4.69, 9.17) is 11.6 Å². The number of carbonyl (C=O) groups excluding carboxylic acids is 1. The Balaban J connectivity index is 1.53. The minimum Gasteiger partial charge on any atom is -0.307 e. The number of amides is 1. The van der Waals surface area contributed by atoms with E-state index in [0.717, 1.165) is 18.9 Å². The Morgan fingerprint density at radius 3 is 2.73 bits per heavy atom. The van der Waals surface area contributed by atoms with Crippen molar-refractivity contribution in [1.29, 1.82) is 0 Å². The van der Waals surface area contributed by atoms with Gasteiger partial charge in [-0.05, 0) is 48.7 Å². The van der Waals surface area contributed by atoms with Crippen molar-refractivity contribution < 1.29 is 18.0 Å². The van der Waals surface area contributed by atoms with Gasteiger partial charge in [0.1, 0.15) is 12.2 Å². The fourth-order valence-corrected chi connectivity index (χ4v) is 3.87. The maximum Gasteiger partial charge on any atom is 0.491 e. The lowest BCUT2D eigenvalue weighted by atomic mass is 10.1. The molecule has 11 heteroatoms.